The van der Waals surface area contributed by atoms with Crippen LogP contribution in [0.25, 0.3) is 80.7 Å². The lowest BCUT2D eigenvalue weighted by Crippen LogP contribution is -2.26. The fraction of sp³-hybridized carbons (Fsp3) is 0. The molecule has 4 heterocycles. The molecule has 0 fully saturated rings. The molecule has 0 amide bonds. The lowest BCUT2D eigenvalue weighted by atomic mass is 10.0. The van der Waals surface area contributed by atoms with Crippen LogP contribution in [-0.4, -0.2) is 4.57 Å². The monoisotopic (exact) mass is 819 g/mol. The van der Waals surface area contributed by atoms with E-state index in [9.17, 15) is 0 Å². The van der Waals surface area contributed by atoms with E-state index in [0.29, 0.717) is 0 Å². The zero-order chi connectivity index (χ0) is 40.2. The molecule has 1 unspecified atom stereocenters. The van der Waals surface area contributed by atoms with Crippen LogP contribution >= 0.6 is 18.8 Å². The third-order valence-corrected chi connectivity index (χ3v) is 16.4. The van der Waals surface area contributed by atoms with Crippen molar-refractivity contribution >= 4 is 111 Å². The molecule has 3 aromatic heterocycles. The van der Waals surface area contributed by atoms with Gasteiger partial charge in [-0.2, -0.15) is 0 Å². The highest BCUT2D eigenvalue weighted by Crippen LogP contribution is 2.70. The second kappa shape index (κ2) is 13.1. The molecule has 0 radical (unpaired) electrons. The van der Waals surface area contributed by atoms with Gasteiger partial charge in [-0.25, -0.2) is 0 Å². The van der Waals surface area contributed by atoms with Gasteiger partial charge in [0.05, 0.1) is 27.7 Å². The zero-order valence-corrected chi connectivity index (χ0v) is 34.4. The predicted octanol–water partition coefficient (Wildman–Crippen LogP) is 15.5. The molecule has 0 bridgehead atoms. The summed E-state index contributed by atoms with van der Waals surface area (Å²) in [5.74, 6) is 0. The number of benzene rings is 9. The van der Waals surface area contributed by atoms with Crippen LogP contribution in [-0.2, 0) is 4.57 Å². The van der Waals surface area contributed by atoms with Gasteiger partial charge in [-0.1, -0.05) is 103 Å². The van der Waals surface area contributed by atoms with Crippen molar-refractivity contribution in [2.24, 2.45) is 0 Å². The van der Waals surface area contributed by atoms with Gasteiger partial charge in [0.25, 0.3) is 0 Å². The number of anilines is 4. The number of fused-ring (bicyclic) bond motifs is 10. The number of nitrogens with zero attached hydrogens (tertiary/aromatic N) is 3. The molecule has 0 saturated carbocycles. The standard InChI is InChI=1S/C54H34N3O2PS/c58-60(40-18-8-3-9-19-40)56(37-14-4-1-5-15-37)48-27-24-36(31-50(48)57(60)38-16-6-2-7-17-38)35-25-28-53-45(30-35)46-32-39(26-29-54(46)61-53)55-47-22-12-10-20-41(47)43-33-44-42-21-11-13-23-51(42)59-52(44)34-49(43)55/h1-34H. The highest BCUT2D eigenvalue weighted by Gasteiger charge is 2.49. The van der Waals surface area contributed by atoms with Crippen molar-refractivity contribution in [1.82, 2.24) is 4.57 Å². The Morgan fingerprint density at radius 2 is 1.00 bits per heavy atom. The van der Waals surface area contributed by atoms with Gasteiger partial charge in [-0.15, -0.1) is 11.3 Å². The Labute approximate surface area is 355 Å². The van der Waals surface area contributed by atoms with Gasteiger partial charge in [0.2, 0.25) is 0 Å². The molecule has 0 saturated heterocycles. The number of furan rings is 1. The first-order valence-corrected chi connectivity index (χ1v) is 22.9. The lowest BCUT2D eigenvalue weighted by molar-refractivity contribution is 0.582. The van der Waals surface area contributed by atoms with E-state index >= 15 is 4.57 Å². The van der Waals surface area contributed by atoms with Gasteiger partial charge < -0.3 is 8.98 Å². The summed E-state index contributed by atoms with van der Waals surface area (Å²) in [6.45, 7) is 0. The van der Waals surface area contributed by atoms with E-state index in [-0.39, 0.29) is 0 Å². The normalized spacial score (nSPS) is 15.3. The molecule has 13 rings (SSSR count). The van der Waals surface area contributed by atoms with Crippen LogP contribution in [0.1, 0.15) is 0 Å². The van der Waals surface area contributed by atoms with Crippen LogP contribution < -0.4 is 14.6 Å². The van der Waals surface area contributed by atoms with Gasteiger partial charge in [0.1, 0.15) is 11.2 Å². The maximum absolute atomic E-state index is 16.1. The number of rotatable bonds is 5. The van der Waals surface area contributed by atoms with Crippen LogP contribution in [0.2, 0.25) is 0 Å². The molecular weight excluding hydrogens is 786 g/mol. The number of hydrogen-bond acceptors (Lipinski definition) is 3. The second-order valence-electron chi connectivity index (χ2n) is 15.7. The van der Waals surface area contributed by atoms with Gasteiger partial charge in [-0.3, -0.25) is 13.9 Å². The molecule has 12 aromatic rings. The number of aromatic nitrogens is 1. The Morgan fingerprint density at radius 3 is 1.77 bits per heavy atom. The van der Waals surface area contributed by atoms with E-state index in [1.807, 2.05) is 102 Å². The summed E-state index contributed by atoms with van der Waals surface area (Å²) in [5.41, 5.74) is 10.9. The summed E-state index contributed by atoms with van der Waals surface area (Å²) >= 11 is 1.82. The second-order valence-corrected chi connectivity index (χ2v) is 19.2. The molecule has 0 N–H and O–H groups in total. The van der Waals surface area contributed by atoms with E-state index in [1.165, 1.54) is 30.9 Å². The average Bonchev–Trinajstić information content (AvgIpc) is 4.04. The number of hydrogen-bond donors (Lipinski definition) is 0. The number of para-hydroxylation sites is 4. The fourth-order valence-electron chi connectivity index (χ4n) is 9.57. The smallest absolute Gasteiger partial charge is 0.301 e. The lowest BCUT2D eigenvalue weighted by Gasteiger charge is -2.33. The molecule has 5 nitrogen and oxygen atoms in total. The van der Waals surface area contributed by atoms with Gasteiger partial charge in [-0.05, 0) is 108 Å². The molecule has 9 aromatic carbocycles. The van der Waals surface area contributed by atoms with Crippen molar-refractivity contribution in [2.45, 2.75) is 0 Å². The van der Waals surface area contributed by atoms with Gasteiger partial charge >= 0.3 is 7.44 Å². The van der Waals surface area contributed by atoms with Gasteiger partial charge in [0.15, 0.2) is 0 Å². The van der Waals surface area contributed by atoms with Crippen LogP contribution in [0.5, 0.6) is 0 Å². The molecule has 1 aliphatic rings. The molecule has 1 aliphatic heterocycles. The topological polar surface area (TPSA) is 41.6 Å². The summed E-state index contributed by atoms with van der Waals surface area (Å²) in [6.07, 6.45) is 0. The van der Waals surface area contributed by atoms with Crippen LogP contribution in [0.4, 0.5) is 22.7 Å². The molecule has 1 atom stereocenters. The molecule has 7 heteroatoms. The predicted molar refractivity (Wildman–Crippen MR) is 257 cm³/mol. The minimum Gasteiger partial charge on any atom is -0.456 e. The van der Waals surface area contributed by atoms with E-state index in [4.69, 9.17) is 4.42 Å². The van der Waals surface area contributed by atoms with Crippen molar-refractivity contribution in [3.05, 3.63) is 206 Å². The van der Waals surface area contributed by atoms with E-state index in [2.05, 4.69) is 129 Å². The largest absolute Gasteiger partial charge is 0.456 e. The van der Waals surface area contributed by atoms with Crippen LogP contribution in [0, 0.1) is 0 Å². The maximum Gasteiger partial charge on any atom is 0.301 e. The van der Waals surface area contributed by atoms with Crippen LogP contribution in [0.15, 0.2) is 211 Å². The molecule has 61 heavy (non-hydrogen) atoms. The minimum atomic E-state index is -3.47. The van der Waals surface area contributed by atoms with Crippen molar-refractivity contribution in [1.29, 1.82) is 0 Å². The van der Waals surface area contributed by atoms with Crippen molar-refractivity contribution in [2.75, 3.05) is 9.34 Å². The summed E-state index contributed by atoms with van der Waals surface area (Å²) in [5, 5.41) is 7.88. The first kappa shape index (κ1) is 34.5. The van der Waals surface area contributed by atoms with E-state index < -0.39 is 7.44 Å². The Morgan fingerprint density at radius 1 is 0.393 bits per heavy atom. The third-order valence-electron chi connectivity index (χ3n) is 12.3. The molecule has 0 spiro atoms. The van der Waals surface area contributed by atoms with Gasteiger partial charge in [0, 0.05) is 64.8 Å². The van der Waals surface area contributed by atoms with Crippen molar-refractivity contribution in [3.8, 4) is 16.8 Å². The Balaban J connectivity index is 0.987. The first-order chi connectivity index (χ1) is 30.1. The third kappa shape index (κ3) is 5.04. The van der Waals surface area contributed by atoms with E-state index in [0.717, 1.165) is 77.8 Å². The highest BCUT2D eigenvalue weighted by atomic mass is 32.1. The first-order valence-electron chi connectivity index (χ1n) is 20.4. The average molecular weight is 820 g/mol. The number of thiophene rings is 1. The Kier molecular flexibility index (Phi) is 7.39. The Hall–Kier alpha value is -7.37. The van der Waals surface area contributed by atoms with Crippen LogP contribution in [0.3, 0.4) is 0 Å². The molecule has 0 aliphatic carbocycles. The zero-order valence-electron chi connectivity index (χ0n) is 32.6. The summed E-state index contributed by atoms with van der Waals surface area (Å²) in [4.78, 5) is 0. The Bertz CT molecular complexity index is 3760. The SMILES string of the molecule is O=P1(c2ccccc2)N(c2ccccc2)c2ccc(-c3ccc4sc5ccc(-n6c7ccccc7c7cc8c(cc76)oc6ccccc68)cc5c4c3)cc2N1c1ccccc1. The summed E-state index contributed by atoms with van der Waals surface area (Å²) < 4.78 is 31.5. The highest BCUT2D eigenvalue weighted by molar-refractivity contribution is 7.76. The van der Waals surface area contributed by atoms with E-state index in [1.54, 1.807) is 0 Å². The molecule has 288 valence electrons. The quantitative estimate of drug-likeness (QED) is 0.162. The molecular formula is C54H34N3O2PS. The summed E-state index contributed by atoms with van der Waals surface area (Å²) in [6, 6.07) is 71.8. The maximum atomic E-state index is 16.1. The van der Waals surface area contributed by atoms with Crippen molar-refractivity contribution in [3.63, 3.8) is 0 Å². The summed E-state index contributed by atoms with van der Waals surface area (Å²) in [7, 11) is -3.47. The fourth-order valence-corrected chi connectivity index (χ4v) is 13.6. The van der Waals surface area contributed by atoms with Crippen molar-refractivity contribution < 1.29 is 8.98 Å². The minimum absolute atomic E-state index is 0.771.